The average molecular weight is 408 g/mol. The van der Waals surface area contributed by atoms with E-state index >= 15 is 0 Å². The predicted molar refractivity (Wildman–Crippen MR) is 100 cm³/mol. The van der Waals surface area contributed by atoms with Crippen LogP contribution in [-0.2, 0) is 14.3 Å². The first-order chi connectivity index (χ1) is 13.7. The molecule has 3 aliphatic heterocycles. The number of aliphatic hydroxyl groups is 1. The van der Waals surface area contributed by atoms with E-state index in [9.17, 15) is 29.0 Å². The van der Waals surface area contributed by atoms with Crippen LogP contribution in [0.5, 0.6) is 0 Å². The van der Waals surface area contributed by atoms with Crippen LogP contribution in [0.3, 0.4) is 0 Å². The number of carboxylic acid groups (broad SMARTS) is 1. The largest absolute Gasteiger partial charge is 0.477 e. The predicted octanol–water partition coefficient (Wildman–Crippen LogP) is 1.62. The van der Waals surface area contributed by atoms with Crippen molar-refractivity contribution in [3.05, 3.63) is 35.6 Å². The molecule has 2 N–H and O–H groups in total. The molecule has 0 bridgehead atoms. The highest BCUT2D eigenvalue weighted by atomic mass is 19.1. The second kappa shape index (κ2) is 7.98. The van der Waals surface area contributed by atoms with Crippen LogP contribution < -0.4 is 0 Å². The molecule has 0 aliphatic carbocycles. The molecule has 0 radical (unpaired) electrons. The molecule has 3 aliphatic rings. The summed E-state index contributed by atoms with van der Waals surface area (Å²) in [6.07, 6.45) is 0.695. The van der Waals surface area contributed by atoms with Gasteiger partial charge in [-0.2, -0.15) is 0 Å². The van der Waals surface area contributed by atoms with Crippen molar-refractivity contribution < 1.29 is 33.7 Å². The van der Waals surface area contributed by atoms with Crippen molar-refractivity contribution in [3.63, 3.8) is 0 Å². The molecule has 2 saturated heterocycles. The minimum atomic E-state index is -1.23. The number of hydrogen-bond donors (Lipinski definition) is 2. The molecule has 1 unspecified atom stereocenters. The molecule has 0 saturated carbocycles. The molecule has 0 aromatic heterocycles. The van der Waals surface area contributed by atoms with Gasteiger partial charge in [-0.25, -0.2) is 14.0 Å². The van der Waals surface area contributed by atoms with Crippen LogP contribution >= 0.6 is 0 Å². The highest BCUT2D eigenvalue weighted by Crippen LogP contribution is 2.45. The number of carbonyl (C=O) groups excluding carboxylic acids is 2. The first kappa shape index (κ1) is 21.0. The number of aliphatic carboxylic acids is 1. The monoisotopic (exact) mass is 408 g/mol. The summed E-state index contributed by atoms with van der Waals surface area (Å²) >= 11 is 0. The number of nitrogens with zero attached hydrogens (tertiary/aromatic N) is 2. The van der Waals surface area contributed by atoms with Crippen molar-refractivity contribution in [1.29, 1.82) is 0 Å². The van der Waals surface area contributed by atoms with E-state index in [0.29, 0.717) is 11.1 Å². The number of alkyl halides is 1. The van der Waals surface area contributed by atoms with Crippen molar-refractivity contribution >= 4 is 18.0 Å². The molecule has 9 heteroatoms. The molecule has 29 heavy (non-hydrogen) atoms. The number of allylic oxidation sites excluding steroid dienone is 1. The summed E-state index contributed by atoms with van der Waals surface area (Å²) in [5, 5.41) is 19.5. The van der Waals surface area contributed by atoms with E-state index in [2.05, 4.69) is 6.58 Å². The van der Waals surface area contributed by atoms with Crippen molar-refractivity contribution in [2.45, 2.75) is 51.0 Å². The molecule has 3 heterocycles. The van der Waals surface area contributed by atoms with E-state index in [-0.39, 0.29) is 31.7 Å². The molecule has 3 rings (SSSR count). The lowest BCUT2D eigenvalue weighted by Gasteiger charge is -2.44. The number of carbonyl (C=O) groups is 3. The Labute approximate surface area is 167 Å². The lowest BCUT2D eigenvalue weighted by Crippen LogP contribution is -2.61. The molecule has 5 atom stereocenters. The van der Waals surface area contributed by atoms with Gasteiger partial charge in [-0.05, 0) is 31.4 Å². The zero-order valence-corrected chi connectivity index (χ0v) is 16.4. The Balaban J connectivity index is 1.86. The Morgan fingerprint density at radius 1 is 1.45 bits per heavy atom. The topological polar surface area (TPSA) is 107 Å². The fourth-order valence-corrected chi connectivity index (χ4v) is 4.40. The van der Waals surface area contributed by atoms with Gasteiger partial charge in [0.1, 0.15) is 18.5 Å². The SMILES string of the molecule is C=CCOC(=O)N1CC(F)C[C@H]1C=C(C)C1=C(C(=O)O)N2C(=O)[C@H]([C@@H](C)O)[C@H]2C1. The van der Waals surface area contributed by atoms with Gasteiger partial charge in [0.15, 0.2) is 0 Å². The van der Waals surface area contributed by atoms with E-state index in [4.69, 9.17) is 4.74 Å². The Bertz CT molecular complexity index is 805. The molecule has 2 fully saturated rings. The summed E-state index contributed by atoms with van der Waals surface area (Å²) in [6, 6.07) is -0.987. The number of halogens is 1. The summed E-state index contributed by atoms with van der Waals surface area (Å²) in [6.45, 7) is 6.57. The van der Waals surface area contributed by atoms with Gasteiger partial charge in [0.05, 0.1) is 30.7 Å². The molecule has 0 aromatic rings. The Kier molecular flexibility index (Phi) is 5.79. The third kappa shape index (κ3) is 3.66. The molecule has 2 amide bonds. The average Bonchev–Trinajstić information content (AvgIpc) is 3.17. The first-order valence-corrected chi connectivity index (χ1v) is 9.52. The molecular weight excluding hydrogens is 383 g/mol. The van der Waals surface area contributed by atoms with Gasteiger partial charge in [-0.1, -0.05) is 18.7 Å². The number of amides is 2. The highest BCUT2D eigenvalue weighted by Gasteiger charge is 2.56. The number of hydrogen-bond acceptors (Lipinski definition) is 5. The minimum Gasteiger partial charge on any atom is -0.477 e. The van der Waals surface area contributed by atoms with Crippen LogP contribution in [0.2, 0.25) is 0 Å². The first-order valence-electron chi connectivity index (χ1n) is 9.52. The van der Waals surface area contributed by atoms with Crippen LogP contribution in [0.4, 0.5) is 9.18 Å². The van der Waals surface area contributed by atoms with Gasteiger partial charge in [0.25, 0.3) is 0 Å². The van der Waals surface area contributed by atoms with Crippen molar-refractivity contribution in [2.24, 2.45) is 5.92 Å². The van der Waals surface area contributed by atoms with Crippen LogP contribution in [0.15, 0.2) is 35.6 Å². The van der Waals surface area contributed by atoms with Crippen molar-refractivity contribution in [3.8, 4) is 0 Å². The van der Waals surface area contributed by atoms with Crippen LogP contribution in [0.1, 0.15) is 26.7 Å². The van der Waals surface area contributed by atoms with Gasteiger partial charge in [0.2, 0.25) is 5.91 Å². The molecular formula is C20H25FN2O6. The van der Waals surface area contributed by atoms with Crippen LogP contribution in [0, 0.1) is 5.92 Å². The second-order valence-corrected chi connectivity index (χ2v) is 7.65. The zero-order valence-electron chi connectivity index (χ0n) is 16.4. The molecule has 8 nitrogen and oxygen atoms in total. The number of fused-ring (bicyclic) bond motifs is 1. The quantitative estimate of drug-likeness (QED) is 0.511. The lowest BCUT2D eigenvalue weighted by atomic mass is 9.82. The van der Waals surface area contributed by atoms with Crippen molar-refractivity contribution in [1.82, 2.24) is 9.80 Å². The molecule has 0 spiro atoms. The van der Waals surface area contributed by atoms with Crippen LogP contribution in [0.25, 0.3) is 0 Å². The summed E-state index contributed by atoms with van der Waals surface area (Å²) < 4.78 is 19.0. The Morgan fingerprint density at radius 2 is 2.14 bits per heavy atom. The zero-order chi connectivity index (χ0) is 21.5. The van der Waals surface area contributed by atoms with E-state index in [0.717, 1.165) is 0 Å². The Hall–Kier alpha value is -2.68. The number of likely N-dealkylation sites (tertiary alicyclic amines) is 1. The van der Waals surface area contributed by atoms with Crippen molar-refractivity contribution in [2.75, 3.05) is 13.2 Å². The van der Waals surface area contributed by atoms with Crippen LogP contribution in [-0.4, -0.2) is 75.5 Å². The van der Waals surface area contributed by atoms with E-state index < -0.39 is 48.2 Å². The maximum atomic E-state index is 14.0. The highest BCUT2D eigenvalue weighted by molar-refractivity contribution is 6.00. The number of β-lactam (4-membered cyclic amide) rings is 1. The maximum Gasteiger partial charge on any atom is 0.410 e. The number of carboxylic acids is 1. The standard InChI is InChI=1S/C20H25FN2O6/c1-4-5-29-20(28)22-9-12(21)7-13(22)6-10(2)14-8-15-16(11(3)24)18(25)23(15)17(14)19(26)27/h4,6,11-13,15-16,24H,1,5,7-9H2,2-3H3,(H,26,27)/t11-,12?,13-,15-,16-/m1/s1. The number of rotatable bonds is 6. The Morgan fingerprint density at radius 3 is 2.72 bits per heavy atom. The molecule has 158 valence electrons. The summed E-state index contributed by atoms with van der Waals surface area (Å²) in [5.74, 6) is -2.28. The second-order valence-electron chi connectivity index (χ2n) is 7.65. The van der Waals surface area contributed by atoms with Gasteiger partial charge in [0, 0.05) is 6.42 Å². The summed E-state index contributed by atoms with van der Waals surface area (Å²) in [5.41, 5.74) is 0.913. The van der Waals surface area contributed by atoms with Gasteiger partial charge >= 0.3 is 12.1 Å². The van der Waals surface area contributed by atoms with Gasteiger partial charge in [-0.3, -0.25) is 9.69 Å². The smallest absolute Gasteiger partial charge is 0.410 e. The number of aliphatic hydroxyl groups excluding tert-OH is 1. The van der Waals surface area contributed by atoms with Gasteiger partial charge in [-0.15, -0.1) is 0 Å². The normalized spacial score (nSPS) is 30.2. The maximum absolute atomic E-state index is 14.0. The third-order valence-electron chi connectivity index (χ3n) is 5.70. The molecule has 0 aromatic carbocycles. The lowest BCUT2D eigenvalue weighted by molar-refractivity contribution is -0.161. The fourth-order valence-electron chi connectivity index (χ4n) is 4.40. The summed E-state index contributed by atoms with van der Waals surface area (Å²) in [4.78, 5) is 38.8. The minimum absolute atomic E-state index is 0.00943. The fraction of sp³-hybridized carbons (Fsp3) is 0.550. The van der Waals surface area contributed by atoms with E-state index in [1.165, 1.54) is 22.8 Å². The number of ether oxygens (including phenoxy) is 1. The third-order valence-corrected chi connectivity index (χ3v) is 5.70. The van der Waals surface area contributed by atoms with E-state index in [1.807, 2.05) is 0 Å². The van der Waals surface area contributed by atoms with Gasteiger partial charge < -0.3 is 19.8 Å². The van der Waals surface area contributed by atoms with E-state index in [1.54, 1.807) is 13.0 Å². The summed E-state index contributed by atoms with van der Waals surface area (Å²) in [7, 11) is 0.